The van der Waals surface area contributed by atoms with Crippen LogP contribution in [0.5, 0.6) is 11.5 Å². The van der Waals surface area contributed by atoms with Crippen molar-refractivity contribution >= 4 is 9.84 Å². The number of rotatable bonds is 8. The number of hydrogen-bond acceptors (Lipinski definition) is 4. The highest BCUT2D eigenvalue weighted by Crippen LogP contribution is 2.39. The van der Waals surface area contributed by atoms with Gasteiger partial charge in [-0.2, -0.15) is 0 Å². The molecule has 0 heterocycles. The molecule has 33 heavy (non-hydrogen) atoms. The predicted octanol–water partition coefficient (Wildman–Crippen LogP) is 5.78. The molecule has 4 nitrogen and oxygen atoms in total. The van der Waals surface area contributed by atoms with Crippen molar-refractivity contribution in [1.82, 2.24) is 0 Å². The minimum atomic E-state index is -3.75. The zero-order valence-electron chi connectivity index (χ0n) is 18.1. The van der Waals surface area contributed by atoms with Crippen LogP contribution in [0.25, 0.3) is 0 Å². The van der Waals surface area contributed by atoms with Gasteiger partial charge in [-0.05, 0) is 59.4 Å². The SMILES string of the molecule is O=S(=O)(C(Cc1ccccc1)c1ccc(O)cc1)C(Cc1ccccc1)c1ccc(O)cc1. The van der Waals surface area contributed by atoms with Gasteiger partial charge in [-0.25, -0.2) is 8.42 Å². The molecule has 4 aromatic rings. The number of phenols is 2. The lowest BCUT2D eigenvalue weighted by Gasteiger charge is -2.26. The Hall–Kier alpha value is -3.57. The summed E-state index contributed by atoms with van der Waals surface area (Å²) in [5, 5.41) is 17.9. The molecule has 0 aliphatic rings. The molecule has 0 saturated heterocycles. The van der Waals surface area contributed by atoms with Crippen LogP contribution in [0.3, 0.4) is 0 Å². The second-order valence-corrected chi connectivity index (χ2v) is 10.4. The van der Waals surface area contributed by atoms with Crippen LogP contribution >= 0.6 is 0 Å². The molecule has 0 aliphatic carbocycles. The van der Waals surface area contributed by atoms with Gasteiger partial charge in [0, 0.05) is 0 Å². The van der Waals surface area contributed by atoms with Gasteiger partial charge < -0.3 is 10.2 Å². The summed E-state index contributed by atoms with van der Waals surface area (Å²) in [6, 6.07) is 31.9. The third kappa shape index (κ3) is 5.44. The molecule has 0 aromatic heterocycles. The fourth-order valence-corrected chi connectivity index (χ4v) is 6.40. The first-order valence-electron chi connectivity index (χ1n) is 10.8. The van der Waals surface area contributed by atoms with Gasteiger partial charge >= 0.3 is 0 Å². The summed E-state index contributed by atoms with van der Waals surface area (Å²) in [6.07, 6.45) is 0.634. The lowest BCUT2D eigenvalue weighted by Crippen LogP contribution is -2.24. The van der Waals surface area contributed by atoms with Crippen molar-refractivity contribution in [3.05, 3.63) is 131 Å². The smallest absolute Gasteiger partial charge is 0.164 e. The number of phenolic OH excluding ortho intramolecular Hbond substituents is 2. The van der Waals surface area contributed by atoms with Crippen LogP contribution in [0.2, 0.25) is 0 Å². The van der Waals surface area contributed by atoms with E-state index in [1.54, 1.807) is 24.3 Å². The average molecular weight is 459 g/mol. The first-order valence-corrected chi connectivity index (χ1v) is 12.4. The number of hydrogen-bond donors (Lipinski definition) is 2. The molecule has 4 rings (SSSR count). The lowest BCUT2D eigenvalue weighted by molar-refractivity contribution is 0.474. The largest absolute Gasteiger partial charge is 0.508 e. The third-order valence-corrected chi connectivity index (χ3v) is 8.31. The van der Waals surface area contributed by atoms with E-state index in [1.807, 2.05) is 60.7 Å². The summed E-state index contributed by atoms with van der Waals surface area (Å²) < 4.78 is 28.6. The topological polar surface area (TPSA) is 74.6 Å². The fraction of sp³-hybridized carbons (Fsp3) is 0.143. The number of aromatic hydroxyl groups is 2. The number of sulfone groups is 1. The summed E-state index contributed by atoms with van der Waals surface area (Å²) in [7, 11) is -3.75. The standard InChI is InChI=1S/C28H26O4S/c29-25-15-11-23(12-16-25)27(19-21-7-3-1-4-8-21)33(31,32)28(20-22-9-5-2-6-10-22)24-13-17-26(30)18-14-24/h1-18,27-30H,19-20H2. The molecule has 0 spiro atoms. The van der Waals surface area contributed by atoms with Crippen molar-refractivity contribution < 1.29 is 18.6 Å². The summed E-state index contributed by atoms with van der Waals surface area (Å²) in [6.45, 7) is 0. The maximum absolute atomic E-state index is 14.3. The quantitative estimate of drug-likeness (QED) is 0.351. The molecule has 0 fully saturated rings. The van der Waals surface area contributed by atoms with E-state index in [2.05, 4.69) is 0 Å². The van der Waals surface area contributed by atoms with Crippen molar-refractivity contribution in [3.63, 3.8) is 0 Å². The van der Waals surface area contributed by atoms with Crippen LogP contribution in [-0.4, -0.2) is 18.6 Å². The lowest BCUT2D eigenvalue weighted by atomic mass is 10.0. The van der Waals surface area contributed by atoms with Crippen molar-refractivity contribution in [3.8, 4) is 11.5 Å². The Morgan fingerprint density at radius 3 is 1.18 bits per heavy atom. The molecule has 2 unspecified atom stereocenters. The first-order chi connectivity index (χ1) is 15.9. The van der Waals surface area contributed by atoms with E-state index in [0.717, 1.165) is 11.1 Å². The second kappa shape index (κ2) is 9.92. The molecule has 0 amide bonds. The second-order valence-electron chi connectivity index (χ2n) is 8.13. The van der Waals surface area contributed by atoms with Crippen LogP contribution in [-0.2, 0) is 22.7 Å². The highest BCUT2D eigenvalue weighted by molar-refractivity contribution is 7.91. The van der Waals surface area contributed by atoms with Gasteiger partial charge in [-0.3, -0.25) is 0 Å². The molecule has 168 valence electrons. The van der Waals surface area contributed by atoms with Crippen LogP contribution in [0.4, 0.5) is 0 Å². The molecule has 0 saturated carbocycles. The van der Waals surface area contributed by atoms with Crippen LogP contribution in [0, 0.1) is 0 Å². The normalized spacial score (nSPS) is 13.3. The molecule has 4 aromatic carbocycles. The summed E-state index contributed by atoms with van der Waals surface area (Å²) in [4.78, 5) is 0. The fourth-order valence-electron chi connectivity index (χ4n) is 4.08. The van der Waals surface area contributed by atoms with Crippen molar-refractivity contribution in [2.45, 2.75) is 23.3 Å². The highest BCUT2D eigenvalue weighted by Gasteiger charge is 2.36. The maximum Gasteiger partial charge on any atom is 0.164 e. The van der Waals surface area contributed by atoms with Crippen molar-refractivity contribution in [2.75, 3.05) is 0 Å². The van der Waals surface area contributed by atoms with Crippen LogP contribution in [0.15, 0.2) is 109 Å². The molecule has 5 heteroatoms. The van der Waals surface area contributed by atoms with E-state index >= 15 is 0 Å². The van der Waals surface area contributed by atoms with E-state index in [9.17, 15) is 18.6 Å². The Balaban J connectivity index is 1.81. The summed E-state index contributed by atoms with van der Waals surface area (Å²) in [5.74, 6) is 0.183. The molecule has 2 atom stereocenters. The van der Waals surface area contributed by atoms with E-state index in [4.69, 9.17) is 0 Å². The minimum Gasteiger partial charge on any atom is -0.508 e. The van der Waals surface area contributed by atoms with Crippen molar-refractivity contribution in [2.24, 2.45) is 0 Å². The first kappa shape index (κ1) is 22.6. The van der Waals surface area contributed by atoms with E-state index in [0.29, 0.717) is 24.0 Å². The van der Waals surface area contributed by atoms with Gasteiger partial charge in [-0.15, -0.1) is 0 Å². The maximum atomic E-state index is 14.3. The molecular weight excluding hydrogens is 432 g/mol. The molecule has 2 N–H and O–H groups in total. The van der Waals surface area contributed by atoms with Gasteiger partial charge in [0.05, 0.1) is 10.5 Å². The summed E-state index contributed by atoms with van der Waals surface area (Å²) in [5.41, 5.74) is 3.11. The molecule has 0 aliphatic heterocycles. The van der Waals surface area contributed by atoms with E-state index < -0.39 is 20.3 Å². The Kier molecular flexibility index (Phi) is 6.80. The Morgan fingerprint density at radius 1 is 0.515 bits per heavy atom. The van der Waals surface area contributed by atoms with Gasteiger partial charge in [-0.1, -0.05) is 84.9 Å². The third-order valence-electron chi connectivity index (χ3n) is 5.85. The highest BCUT2D eigenvalue weighted by atomic mass is 32.2. The van der Waals surface area contributed by atoms with E-state index in [-0.39, 0.29) is 11.5 Å². The van der Waals surface area contributed by atoms with Crippen LogP contribution < -0.4 is 0 Å². The van der Waals surface area contributed by atoms with Crippen LogP contribution in [0.1, 0.15) is 32.8 Å². The average Bonchev–Trinajstić information content (AvgIpc) is 2.83. The minimum absolute atomic E-state index is 0.0916. The molecule has 0 radical (unpaired) electrons. The Labute approximate surface area is 194 Å². The monoisotopic (exact) mass is 458 g/mol. The Morgan fingerprint density at radius 2 is 0.848 bits per heavy atom. The summed E-state index contributed by atoms with van der Waals surface area (Å²) >= 11 is 0. The van der Waals surface area contributed by atoms with Gasteiger partial charge in [0.15, 0.2) is 9.84 Å². The molecule has 0 bridgehead atoms. The zero-order valence-corrected chi connectivity index (χ0v) is 18.9. The predicted molar refractivity (Wildman–Crippen MR) is 131 cm³/mol. The van der Waals surface area contributed by atoms with Gasteiger partial charge in [0.1, 0.15) is 11.5 Å². The number of benzene rings is 4. The van der Waals surface area contributed by atoms with Gasteiger partial charge in [0.2, 0.25) is 0 Å². The van der Waals surface area contributed by atoms with E-state index in [1.165, 1.54) is 24.3 Å². The molecular formula is C28H26O4S. The zero-order chi connectivity index (χ0) is 23.3. The Bertz CT molecular complexity index is 1170. The van der Waals surface area contributed by atoms with Crippen molar-refractivity contribution in [1.29, 1.82) is 0 Å². The van der Waals surface area contributed by atoms with Gasteiger partial charge in [0.25, 0.3) is 0 Å².